The average Bonchev–Trinajstić information content (AvgIpc) is 2.39. The molecular formula is C16H22BrNO. The average molecular weight is 324 g/mol. The van der Waals surface area contributed by atoms with Crippen LogP contribution in [-0.2, 0) is 4.74 Å². The number of hydrogen-bond donors (Lipinski definition) is 0. The lowest BCUT2D eigenvalue weighted by atomic mass is 9.93. The molecule has 0 saturated carbocycles. The predicted molar refractivity (Wildman–Crippen MR) is 82.0 cm³/mol. The van der Waals surface area contributed by atoms with Crippen LogP contribution in [0.4, 0.5) is 0 Å². The van der Waals surface area contributed by atoms with Crippen LogP contribution in [0, 0.1) is 16.7 Å². The molecule has 104 valence electrons. The standard InChI is InChI=1S/C16H22BrNO/c1-4-13(14-6-5-7-15(17)10-14)8-9-19-12-16(2,3)11-18/h5-7,10,13H,4,8-9,12H2,1-3H3. The summed E-state index contributed by atoms with van der Waals surface area (Å²) in [5.41, 5.74) is 0.956. The van der Waals surface area contributed by atoms with E-state index in [1.807, 2.05) is 19.9 Å². The predicted octanol–water partition coefficient (Wildman–Crippen LogP) is 4.90. The lowest BCUT2D eigenvalue weighted by Crippen LogP contribution is -2.17. The van der Waals surface area contributed by atoms with Gasteiger partial charge in [0.1, 0.15) is 0 Å². The van der Waals surface area contributed by atoms with Gasteiger partial charge in [-0.3, -0.25) is 0 Å². The normalized spacial score (nSPS) is 13.0. The van der Waals surface area contributed by atoms with Crippen LogP contribution in [0.25, 0.3) is 0 Å². The minimum absolute atomic E-state index is 0.391. The number of rotatable bonds is 7. The second-order valence-electron chi connectivity index (χ2n) is 5.50. The third kappa shape index (κ3) is 5.76. The van der Waals surface area contributed by atoms with E-state index in [1.54, 1.807) is 0 Å². The van der Waals surface area contributed by atoms with Crippen LogP contribution in [0.3, 0.4) is 0 Å². The van der Waals surface area contributed by atoms with Gasteiger partial charge in [-0.05, 0) is 50.3 Å². The highest BCUT2D eigenvalue weighted by molar-refractivity contribution is 9.10. The summed E-state index contributed by atoms with van der Waals surface area (Å²) >= 11 is 3.51. The van der Waals surface area contributed by atoms with E-state index in [1.165, 1.54) is 5.56 Å². The Balaban J connectivity index is 2.44. The van der Waals surface area contributed by atoms with Gasteiger partial charge in [-0.15, -0.1) is 0 Å². The molecular weight excluding hydrogens is 302 g/mol. The fourth-order valence-corrected chi connectivity index (χ4v) is 2.37. The van der Waals surface area contributed by atoms with Crippen LogP contribution in [-0.4, -0.2) is 13.2 Å². The highest BCUT2D eigenvalue weighted by Gasteiger charge is 2.17. The molecule has 0 spiro atoms. The summed E-state index contributed by atoms with van der Waals surface area (Å²) in [6, 6.07) is 10.7. The molecule has 1 rings (SSSR count). The highest BCUT2D eigenvalue weighted by Crippen LogP contribution is 2.26. The van der Waals surface area contributed by atoms with Gasteiger partial charge >= 0.3 is 0 Å². The molecule has 0 N–H and O–H groups in total. The largest absolute Gasteiger partial charge is 0.380 e. The van der Waals surface area contributed by atoms with Crippen molar-refractivity contribution in [3.8, 4) is 6.07 Å². The van der Waals surface area contributed by atoms with Crippen molar-refractivity contribution in [3.05, 3.63) is 34.3 Å². The third-order valence-electron chi connectivity index (χ3n) is 3.19. The smallest absolute Gasteiger partial charge is 0.0750 e. The van der Waals surface area contributed by atoms with Gasteiger partial charge in [0.2, 0.25) is 0 Å². The monoisotopic (exact) mass is 323 g/mol. The summed E-state index contributed by atoms with van der Waals surface area (Å²) in [6.07, 6.45) is 2.09. The van der Waals surface area contributed by atoms with Crippen LogP contribution in [0.2, 0.25) is 0 Å². The Kier molecular flexibility index (Phi) is 6.54. The lowest BCUT2D eigenvalue weighted by molar-refractivity contribution is 0.0810. The first kappa shape index (κ1) is 16.2. The van der Waals surface area contributed by atoms with Crippen molar-refractivity contribution in [2.45, 2.75) is 39.5 Å². The first-order chi connectivity index (χ1) is 8.98. The van der Waals surface area contributed by atoms with Crippen LogP contribution in [0.15, 0.2) is 28.7 Å². The summed E-state index contributed by atoms with van der Waals surface area (Å²) in [7, 11) is 0. The van der Waals surface area contributed by atoms with Gasteiger partial charge in [-0.1, -0.05) is 35.0 Å². The van der Waals surface area contributed by atoms with E-state index in [-0.39, 0.29) is 0 Å². The zero-order chi connectivity index (χ0) is 14.3. The van der Waals surface area contributed by atoms with Crippen molar-refractivity contribution in [2.75, 3.05) is 13.2 Å². The first-order valence-corrected chi connectivity index (χ1v) is 7.52. The number of halogens is 1. The quantitative estimate of drug-likeness (QED) is 0.668. The Hall–Kier alpha value is -0.850. The van der Waals surface area contributed by atoms with E-state index >= 15 is 0 Å². The van der Waals surface area contributed by atoms with Gasteiger partial charge in [-0.25, -0.2) is 0 Å². The van der Waals surface area contributed by atoms with Crippen LogP contribution in [0.1, 0.15) is 45.1 Å². The van der Waals surface area contributed by atoms with Crippen molar-refractivity contribution in [1.82, 2.24) is 0 Å². The molecule has 0 aliphatic rings. The number of nitrogens with zero attached hydrogens (tertiary/aromatic N) is 1. The molecule has 0 aliphatic heterocycles. The molecule has 19 heavy (non-hydrogen) atoms. The topological polar surface area (TPSA) is 33.0 Å². The maximum atomic E-state index is 8.92. The minimum Gasteiger partial charge on any atom is -0.380 e. The SMILES string of the molecule is CCC(CCOCC(C)(C)C#N)c1cccc(Br)c1. The van der Waals surface area contributed by atoms with E-state index in [4.69, 9.17) is 10.00 Å². The third-order valence-corrected chi connectivity index (χ3v) is 3.68. The fraction of sp³-hybridized carbons (Fsp3) is 0.562. The molecule has 0 aliphatic carbocycles. The van der Waals surface area contributed by atoms with Crippen molar-refractivity contribution in [2.24, 2.45) is 5.41 Å². The maximum absolute atomic E-state index is 8.92. The Morgan fingerprint density at radius 2 is 2.16 bits per heavy atom. The van der Waals surface area contributed by atoms with Crippen LogP contribution in [0.5, 0.6) is 0 Å². The molecule has 0 bridgehead atoms. The molecule has 2 nitrogen and oxygen atoms in total. The Labute approximate surface area is 124 Å². The number of ether oxygens (including phenoxy) is 1. The summed E-state index contributed by atoms with van der Waals surface area (Å²) in [5, 5.41) is 8.92. The van der Waals surface area contributed by atoms with E-state index in [0.29, 0.717) is 19.1 Å². The highest BCUT2D eigenvalue weighted by atomic mass is 79.9. The zero-order valence-corrected chi connectivity index (χ0v) is 13.5. The Morgan fingerprint density at radius 1 is 1.42 bits per heavy atom. The molecule has 1 unspecified atom stereocenters. The Morgan fingerprint density at radius 3 is 2.74 bits per heavy atom. The van der Waals surface area contributed by atoms with E-state index in [0.717, 1.165) is 17.3 Å². The van der Waals surface area contributed by atoms with Crippen molar-refractivity contribution in [1.29, 1.82) is 5.26 Å². The van der Waals surface area contributed by atoms with Crippen molar-refractivity contribution < 1.29 is 4.74 Å². The number of nitriles is 1. The van der Waals surface area contributed by atoms with Crippen LogP contribution < -0.4 is 0 Å². The second kappa shape index (κ2) is 7.67. The molecule has 0 amide bonds. The zero-order valence-electron chi connectivity index (χ0n) is 11.9. The summed E-state index contributed by atoms with van der Waals surface area (Å²) in [5.74, 6) is 0.516. The lowest BCUT2D eigenvalue weighted by Gasteiger charge is -2.18. The molecule has 0 radical (unpaired) electrons. The molecule has 0 fully saturated rings. The Bertz CT molecular complexity index is 437. The molecule has 0 saturated heterocycles. The molecule has 1 aromatic rings. The summed E-state index contributed by atoms with van der Waals surface area (Å²) < 4.78 is 6.76. The molecule has 0 heterocycles. The van der Waals surface area contributed by atoms with Gasteiger partial charge < -0.3 is 4.74 Å². The van der Waals surface area contributed by atoms with Crippen molar-refractivity contribution in [3.63, 3.8) is 0 Å². The van der Waals surface area contributed by atoms with Gasteiger partial charge in [0.25, 0.3) is 0 Å². The van der Waals surface area contributed by atoms with Gasteiger partial charge in [-0.2, -0.15) is 5.26 Å². The van der Waals surface area contributed by atoms with Crippen LogP contribution >= 0.6 is 15.9 Å². The van der Waals surface area contributed by atoms with E-state index < -0.39 is 5.41 Å². The van der Waals surface area contributed by atoms with E-state index in [2.05, 4.69) is 47.1 Å². The summed E-state index contributed by atoms with van der Waals surface area (Å²) in [4.78, 5) is 0. The minimum atomic E-state index is -0.391. The summed E-state index contributed by atoms with van der Waals surface area (Å²) in [6.45, 7) is 7.20. The maximum Gasteiger partial charge on any atom is 0.0750 e. The second-order valence-corrected chi connectivity index (χ2v) is 6.41. The van der Waals surface area contributed by atoms with Gasteiger partial charge in [0.15, 0.2) is 0 Å². The van der Waals surface area contributed by atoms with E-state index in [9.17, 15) is 0 Å². The number of benzene rings is 1. The first-order valence-electron chi connectivity index (χ1n) is 6.73. The van der Waals surface area contributed by atoms with Gasteiger partial charge in [0.05, 0.1) is 18.1 Å². The van der Waals surface area contributed by atoms with Gasteiger partial charge in [0, 0.05) is 11.1 Å². The molecule has 1 atom stereocenters. The number of hydrogen-bond acceptors (Lipinski definition) is 2. The molecule has 0 aromatic heterocycles. The molecule has 1 aromatic carbocycles. The fourth-order valence-electron chi connectivity index (χ4n) is 1.95. The van der Waals surface area contributed by atoms with Crippen molar-refractivity contribution >= 4 is 15.9 Å². The molecule has 3 heteroatoms.